The van der Waals surface area contributed by atoms with Gasteiger partial charge >= 0.3 is 5.97 Å². The van der Waals surface area contributed by atoms with Crippen LogP contribution in [0.4, 0.5) is 5.13 Å². The molecular formula is C18H16N2O5S. The van der Waals surface area contributed by atoms with Crippen LogP contribution in [0.2, 0.25) is 0 Å². The zero-order valence-electron chi connectivity index (χ0n) is 13.9. The van der Waals surface area contributed by atoms with Crippen LogP contribution in [-0.2, 0) is 14.3 Å². The van der Waals surface area contributed by atoms with Gasteiger partial charge in [-0.3, -0.25) is 10.1 Å². The van der Waals surface area contributed by atoms with E-state index in [1.54, 1.807) is 12.1 Å². The molecule has 0 radical (unpaired) electrons. The minimum absolute atomic E-state index is 0.401. The lowest BCUT2D eigenvalue weighted by Gasteiger charge is -2.01. The number of nitrogens with zero attached hydrogens (tertiary/aromatic N) is 1. The van der Waals surface area contributed by atoms with Crippen LogP contribution in [-0.4, -0.2) is 30.1 Å². The van der Waals surface area contributed by atoms with Crippen molar-refractivity contribution in [2.24, 2.45) is 0 Å². The second-order valence-corrected chi connectivity index (χ2v) is 6.12. The minimum atomic E-state index is -0.637. The Balaban J connectivity index is 1.52. The van der Waals surface area contributed by atoms with Crippen molar-refractivity contribution in [1.82, 2.24) is 4.98 Å². The van der Waals surface area contributed by atoms with E-state index < -0.39 is 18.5 Å². The maximum Gasteiger partial charge on any atom is 0.331 e. The number of aromatic nitrogens is 1. The van der Waals surface area contributed by atoms with E-state index in [4.69, 9.17) is 13.9 Å². The van der Waals surface area contributed by atoms with Crippen molar-refractivity contribution in [2.45, 2.75) is 6.92 Å². The summed E-state index contributed by atoms with van der Waals surface area (Å²) >= 11 is 1.32. The lowest BCUT2D eigenvalue weighted by Crippen LogP contribution is -2.19. The lowest BCUT2D eigenvalue weighted by atomic mass is 10.3. The number of anilines is 1. The van der Waals surface area contributed by atoms with E-state index in [0.29, 0.717) is 17.5 Å². The van der Waals surface area contributed by atoms with E-state index in [1.807, 2.05) is 25.1 Å². The molecule has 7 nitrogen and oxygen atoms in total. The number of thiazole rings is 1. The number of furan rings is 1. The number of fused-ring (bicyclic) bond motifs is 1. The van der Waals surface area contributed by atoms with E-state index in [2.05, 4.69) is 10.3 Å². The van der Waals surface area contributed by atoms with Crippen LogP contribution < -0.4 is 10.1 Å². The molecule has 0 fully saturated rings. The van der Waals surface area contributed by atoms with Gasteiger partial charge in [-0.05, 0) is 43.3 Å². The average molecular weight is 372 g/mol. The molecule has 2 heterocycles. The number of carbonyl (C=O) groups is 2. The number of rotatable bonds is 7. The highest BCUT2D eigenvalue weighted by atomic mass is 32.1. The average Bonchev–Trinajstić information content (AvgIpc) is 3.27. The summed E-state index contributed by atoms with van der Waals surface area (Å²) in [6, 6.07) is 8.91. The van der Waals surface area contributed by atoms with Crippen molar-refractivity contribution < 1.29 is 23.5 Å². The van der Waals surface area contributed by atoms with Crippen molar-refractivity contribution in [1.29, 1.82) is 0 Å². The molecule has 134 valence electrons. The molecule has 0 saturated carbocycles. The summed E-state index contributed by atoms with van der Waals surface area (Å²) < 4.78 is 16.3. The third kappa shape index (κ3) is 4.70. The van der Waals surface area contributed by atoms with Crippen molar-refractivity contribution in [3.05, 3.63) is 48.4 Å². The van der Waals surface area contributed by atoms with Crippen LogP contribution in [0.1, 0.15) is 12.7 Å². The van der Waals surface area contributed by atoms with Crippen molar-refractivity contribution >= 4 is 44.6 Å². The van der Waals surface area contributed by atoms with Gasteiger partial charge in [0.05, 0.1) is 23.1 Å². The molecule has 3 aromatic rings. The summed E-state index contributed by atoms with van der Waals surface area (Å²) in [6.45, 7) is 2.09. The van der Waals surface area contributed by atoms with Crippen LogP contribution in [0.3, 0.4) is 0 Å². The Hall–Kier alpha value is -3.13. The monoisotopic (exact) mass is 372 g/mol. The van der Waals surface area contributed by atoms with Gasteiger partial charge in [-0.25, -0.2) is 9.78 Å². The van der Waals surface area contributed by atoms with Crippen molar-refractivity contribution in [3.63, 3.8) is 0 Å². The molecule has 0 atom stereocenters. The maximum atomic E-state index is 11.9. The largest absolute Gasteiger partial charge is 0.494 e. The number of esters is 1. The highest BCUT2D eigenvalue weighted by molar-refractivity contribution is 7.22. The summed E-state index contributed by atoms with van der Waals surface area (Å²) in [5.41, 5.74) is 0.757. The number of benzene rings is 1. The molecule has 0 bridgehead atoms. The molecule has 1 aromatic carbocycles. The van der Waals surface area contributed by atoms with Crippen LogP contribution in [0.5, 0.6) is 5.75 Å². The first-order chi connectivity index (χ1) is 12.6. The Kier molecular flexibility index (Phi) is 5.65. The zero-order valence-corrected chi connectivity index (χ0v) is 14.7. The fourth-order valence-corrected chi connectivity index (χ4v) is 3.00. The normalized spacial score (nSPS) is 11.0. The van der Waals surface area contributed by atoms with Gasteiger partial charge in [-0.1, -0.05) is 11.3 Å². The van der Waals surface area contributed by atoms with Crippen molar-refractivity contribution in [3.8, 4) is 5.75 Å². The standard InChI is InChI=1S/C18H16N2O5S/c1-2-23-13-5-7-14-15(10-13)26-18(19-14)20-16(21)11-25-17(22)8-6-12-4-3-9-24-12/h3-10H,2,11H2,1H3,(H,19,20,21)/b8-6+. The Bertz CT molecular complexity index is 930. The molecule has 26 heavy (non-hydrogen) atoms. The SMILES string of the molecule is CCOc1ccc2nc(NC(=O)COC(=O)/C=C/c3ccco3)sc2c1. The van der Waals surface area contributed by atoms with Crippen LogP contribution >= 0.6 is 11.3 Å². The molecule has 0 saturated heterocycles. The molecule has 3 rings (SSSR count). The van der Waals surface area contributed by atoms with Gasteiger partial charge in [0.15, 0.2) is 11.7 Å². The van der Waals surface area contributed by atoms with Gasteiger partial charge in [0.2, 0.25) is 0 Å². The van der Waals surface area contributed by atoms with Crippen LogP contribution in [0.25, 0.3) is 16.3 Å². The van der Waals surface area contributed by atoms with Gasteiger partial charge in [-0.2, -0.15) is 0 Å². The Morgan fingerprint density at radius 1 is 1.35 bits per heavy atom. The first-order valence-electron chi connectivity index (χ1n) is 7.85. The highest BCUT2D eigenvalue weighted by Crippen LogP contribution is 2.29. The zero-order chi connectivity index (χ0) is 18.4. The summed E-state index contributed by atoms with van der Waals surface area (Å²) in [7, 11) is 0. The van der Waals surface area contributed by atoms with Gasteiger partial charge < -0.3 is 13.9 Å². The Morgan fingerprint density at radius 3 is 3.00 bits per heavy atom. The van der Waals surface area contributed by atoms with Gasteiger partial charge in [-0.15, -0.1) is 0 Å². The number of amides is 1. The number of ether oxygens (including phenoxy) is 2. The second-order valence-electron chi connectivity index (χ2n) is 5.09. The molecule has 0 aliphatic rings. The summed E-state index contributed by atoms with van der Waals surface area (Å²) in [5.74, 6) is 0.169. The fraction of sp³-hybridized carbons (Fsp3) is 0.167. The van der Waals surface area contributed by atoms with E-state index in [0.717, 1.165) is 16.0 Å². The molecule has 1 N–H and O–H groups in total. The molecule has 2 aromatic heterocycles. The maximum absolute atomic E-state index is 11.9. The molecule has 0 spiro atoms. The quantitative estimate of drug-likeness (QED) is 0.504. The molecular weight excluding hydrogens is 356 g/mol. The molecule has 0 aliphatic carbocycles. The number of carbonyl (C=O) groups excluding carboxylic acids is 2. The third-order valence-corrected chi connectivity index (χ3v) is 4.12. The topological polar surface area (TPSA) is 90.7 Å². The number of hydrogen-bond donors (Lipinski definition) is 1. The predicted octanol–water partition coefficient (Wildman–Crippen LogP) is 3.48. The van der Waals surface area contributed by atoms with E-state index in [9.17, 15) is 9.59 Å². The van der Waals surface area contributed by atoms with Gasteiger partial charge in [0.25, 0.3) is 5.91 Å². The Morgan fingerprint density at radius 2 is 2.23 bits per heavy atom. The lowest BCUT2D eigenvalue weighted by molar-refractivity contribution is -0.142. The second kappa shape index (κ2) is 8.30. The molecule has 0 unspecified atom stereocenters. The number of nitrogens with one attached hydrogen (secondary N) is 1. The van der Waals surface area contributed by atoms with E-state index >= 15 is 0 Å². The smallest absolute Gasteiger partial charge is 0.331 e. The summed E-state index contributed by atoms with van der Waals surface area (Å²) in [5, 5.41) is 3.05. The van der Waals surface area contributed by atoms with Gasteiger partial charge in [0, 0.05) is 6.08 Å². The van der Waals surface area contributed by atoms with E-state index in [1.165, 1.54) is 29.8 Å². The summed E-state index contributed by atoms with van der Waals surface area (Å²) in [6.07, 6.45) is 4.15. The van der Waals surface area contributed by atoms with Crippen molar-refractivity contribution in [2.75, 3.05) is 18.5 Å². The first kappa shape index (κ1) is 17.7. The van der Waals surface area contributed by atoms with Gasteiger partial charge in [0.1, 0.15) is 11.5 Å². The fourth-order valence-electron chi connectivity index (χ4n) is 2.09. The first-order valence-corrected chi connectivity index (χ1v) is 8.67. The Labute approximate surface area is 153 Å². The summed E-state index contributed by atoms with van der Waals surface area (Å²) in [4.78, 5) is 27.8. The number of hydrogen-bond acceptors (Lipinski definition) is 7. The molecule has 8 heteroatoms. The molecule has 1 amide bonds. The molecule has 0 aliphatic heterocycles. The van der Waals surface area contributed by atoms with E-state index in [-0.39, 0.29) is 0 Å². The minimum Gasteiger partial charge on any atom is -0.494 e. The van der Waals surface area contributed by atoms with Crippen LogP contribution in [0.15, 0.2) is 47.1 Å². The predicted molar refractivity (Wildman–Crippen MR) is 98.1 cm³/mol. The third-order valence-electron chi connectivity index (χ3n) is 3.19. The van der Waals surface area contributed by atoms with Crippen LogP contribution in [0, 0.1) is 0 Å². The highest BCUT2D eigenvalue weighted by Gasteiger charge is 2.10.